The van der Waals surface area contributed by atoms with Crippen molar-refractivity contribution >= 4 is 5.69 Å². The van der Waals surface area contributed by atoms with Crippen LogP contribution in [0.4, 0.5) is 5.69 Å². The van der Waals surface area contributed by atoms with E-state index in [0.717, 1.165) is 12.1 Å². The number of pyridine rings is 1. The summed E-state index contributed by atoms with van der Waals surface area (Å²) in [6, 6.07) is 6.16. The molecular formula is C12H17N3. The first-order valence-corrected chi connectivity index (χ1v) is 5.30. The molecule has 3 heteroatoms. The molecule has 80 valence electrons. The van der Waals surface area contributed by atoms with Gasteiger partial charge in [-0.3, -0.25) is 0 Å². The van der Waals surface area contributed by atoms with Gasteiger partial charge in [0, 0.05) is 17.9 Å². The Morgan fingerprint density at radius 2 is 2.27 bits per heavy atom. The molecule has 0 radical (unpaired) electrons. The standard InChI is InChI=1S/C12H17N3/c1-4-12(9(2)3)15-10-5-6-14-11(7-10)8-13/h5-7,9,12H,4H2,1-3H3,(H,14,15). The van der Waals surface area contributed by atoms with Crippen LogP contribution in [0.3, 0.4) is 0 Å². The fourth-order valence-corrected chi connectivity index (χ4v) is 1.54. The number of nitrogens with zero attached hydrogens (tertiary/aromatic N) is 2. The molecule has 1 aromatic rings. The summed E-state index contributed by atoms with van der Waals surface area (Å²) in [5, 5.41) is 12.1. The summed E-state index contributed by atoms with van der Waals surface area (Å²) in [6.45, 7) is 6.53. The number of rotatable bonds is 4. The molecule has 1 rings (SSSR count). The van der Waals surface area contributed by atoms with E-state index < -0.39 is 0 Å². The zero-order valence-corrected chi connectivity index (χ0v) is 9.49. The van der Waals surface area contributed by atoms with Crippen LogP contribution in [0.1, 0.15) is 32.9 Å². The lowest BCUT2D eigenvalue weighted by molar-refractivity contribution is 0.511. The number of nitriles is 1. The van der Waals surface area contributed by atoms with Gasteiger partial charge in [-0.05, 0) is 24.5 Å². The topological polar surface area (TPSA) is 48.7 Å². The second-order valence-electron chi connectivity index (χ2n) is 3.94. The van der Waals surface area contributed by atoms with E-state index in [1.54, 1.807) is 12.3 Å². The third-order valence-electron chi connectivity index (χ3n) is 2.47. The maximum Gasteiger partial charge on any atom is 0.142 e. The highest BCUT2D eigenvalue weighted by molar-refractivity contribution is 5.46. The Kier molecular flexibility index (Phi) is 4.11. The first-order chi connectivity index (χ1) is 7.17. The summed E-state index contributed by atoms with van der Waals surface area (Å²) in [6.07, 6.45) is 2.73. The van der Waals surface area contributed by atoms with Crippen molar-refractivity contribution in [3.05, 3.63) is 24.0 Å². The van der Waals surface area contributed by atoms with Crippen molar-refractivity contribution in [2.24, 2.45) is 5.92 Å². The van der Waals surface area contributed by atoms with Crippen molar-refractivity contribution in [2.75, 3.05) is 5.32 Å². The van der Waals surface area contributed by atoms with E-state index in [-0.39, 0.29) is 0 Å². The number of hydrogen-bond acceptors (Lipinski definition) is 3. The molecule has 0 spiro atoms. The van der Waals surface area contributed by atoms with Gasteiger partial charge in [0.15, 0.2) is 0 Å². The average Bonchev–Trinajstić information content (AvgIpc) is 2.25. The molecule has 0 bridgehead atoms. The van der Waals surface area contributed by atoms with Gasteiger partial charge in [0.1, 0.15) is 11.8 Å². The van der Waals surface area contributed by atoms with Crippen molar-refractivity contribution in [3.8, 4) is 6.07 Å². The lowest BCUT2D eigenvalue weighted by atomic mass is 10.0. The van der Waals surface area contributed by atoms with E-state index in [4.69, 9.17) is 5.26 Å². The molecule has 1 N–H and O–H groups in total. The minimum atomic E-state index is 0.443. The van der Waals surface area contributed by atoms with Crippen molar-refractivity contribution < 1.29 is 0 Å². The molecule has 0 saturated heterocycles. The van der Waals surface area contributed by atoms with Crippen LogP contribution >= 0.6 is 0 Å². The van der Waals surface area contributed by atoms with E-state index in [9.17, 15) is 0 Å². The minimum Gasteiger partial charge on any atom is -0.382 e. The average molecular weight is 203 g/mol. The Bertz CT molecular complexity index is 352. The molecule has 1 aromatic heterocycles. The predicted octanol–water partition coefficient (Wildman–Crippen LogP) is 2.80. The van der Waals surface area contributed by atoms with E-state index in [1.807, 2.05) is 12.1 Å². The van der Waals surface area contributed by atoms with Crippen molar-refractivity contribution in [1.82, 2.24) is 4.98 Å². The largest absolute Gasteiger partial charge is 0.382 e. The number of hydrogen-bond donors (Lipinski definition) is 1. The van der Waals surface area contributed by atoms with Crippen LogP contribution in [0.2, 0.25) is 0 Å². The van der Waals surface area contributed by atoms with Gasteiger partial charge in [-0.25, -0.2) is 4.98 Å². The molecular weight excluding hydrogens is 186 g/mol. The second-order valence-corrected chi connectivity index (χ2v) is 3.94. The summed E-state index contributed by atoms with van der Waals surface area (Å²) < 4.78 is 0. The van der Waals surface area contributed by atoms with Crippen LogP contribution in [-0.4, -0.2) is 11.0 Å². The Balaban J connectivity index is 2.75. The molecule has 0 aromatic carbocycles. The lowest BCUT2D eigenvalue weighted by Gasteiger charge is -2.21. The van der Waals surface area contributed by atoms with E-state index in [0.29, 0.717) is 17.7 Å². The number of anilines is 1. The van der Waals surface area contributed by atoms with Crippen LogP contribution in [0.5, 0.6) is 0 Å². The SMILES string of the molecule is CCC(Nc1ccnc(C#N)c1)C(C)C. The molecule has 0 amide bonds. The second kappa shape index (κ2) is 5.35. The lowest BCUT2D eigenvalue weighted by Crippen LogP contribution is -2.24. The van der Waals surface area contributed by atoms with Crippen LogP contribution in [0, 0.1) is 17.2 Å². The van der Waals surface area contributed by atoms with Crippen molar-refractivity contribution in [3.63, 3.8) is 0 Å². The number of aromatic nitrogens is 1. The molecule has 1 atom stereocenters. The maximum absolute atomic E-state index is 8.72. The van der Waals surface area contributed by atoms with Gasteiger partial charge in [-0.1, -0.05) is 20.8 Å². The smallest absolute Gasteiger partial charge is 0.142 e. The van der Waals surface area contributed by atoms with Gasteiger partial charge < -0.3 is 5.32 Å². The van der Waals surface area contributed by atoms with Crippen LogP contribution in [0.25, 0.3) is 0 Å². The number of nitrogens with one attached hydrogen (secondary N) is 1. The zero-order chi connectivity index (χ0) is 11.3. The normalized spacial score (nSPS) is 12.2. The predicted molar refractivity (Wildman–Crippen MR) is 61.5 cm³/mol. The Morgan fingerprint density at radius 3 is 2.80 bits per heavy atom. The first-order valence-electron chi connectivity index (χ1n) is 5.30. The Hall–Kier alpha value is -1.56. The van der Waals surface area contributed by atoms with Gasteiger partial charge in [0.2, 0.25) is 0 Å². The van der Waals surface area contributed by atoms with E-state index in [1.165, 1.54) is 0 Å². The highest BCUT2D eigenvalue weighted by Gasteiger charge is 2.10. The Labute approximate surface area is 91.1 Å². The quantitative estimate of drug-likeness (QED) is 0.818. The van der Waals surface area contributed by atoms with Crippen molar-refractivity contribution in [1.29, 1.82) is 5.26 Å². The zero-order valence-electron chi connectivity index (χ0n) is 9.49. The summed E-state index contributed by atoms with van der Waals surface area (Å²) >= 11 is 0. The fourth-order valence-electron chi connectivity index (χ4n) is 1.54. The molecule has 0 saturated carbocycles. The van der Waals surface area contributed by atoms with Gasteiger partial charge in [-0.2, -0.15) is 5.26 Å². The van der Waals surface area contributed by atoms with Gasteiger partial charge >= 0.3 is 0 Å². The highest BCUT2D eigenvalue weighted by atomic mass is 14.9. The molecule has 0 fully saturated rings. The molecule has 1 unspecified atom stereocenters. The van der Waals surface area contributed by atoms with Gasteiger partial charge in [0.05, 0.1) is 0 Å². The maximum atomic E-state index is 8.72. The van der Waals surface area contributed by atoms with E-state index in [2.05, 4.69) is 31.1 Å². The van der Waals surface area contributed by atoms with Gasteiger partial charge in [-0.15, -0.1) is 0 Å². The summed E-state index contributed by atoms with van der Waals surface area (Å²) in [7, 11) is 0. The van der Waals surface area contributed by atoms with Crippen LogP contribution in [-0.2, 0) is 0 Å². The molecule has 0 aliphatic carbocycles. The van der Waals surface area contributed by atoms with E-state index >= 15 is 0 Å². The molecule has 1 heterocycles. The third-order valence-corrected chi connectivity index (χ3v) is 2.47. The van der Waals surface area contributed by atoms with Crippen LogP contribution in [0.15, 0.2) is 18.3 Å². The fraction of sp³-hybridized carbons (Fsp3) is 0.500. The molecule has 15 heavy (non-hydrogen) atoms. The summed E-state index contributed by atoms with van der Waals surface area (Å²) in [5.41, 5.74) is 1.43. The van der Waals surface area contributed by atoms with Crippen molar-refractivity contribution in [2.45, 2.75) is 33.2 Å². The summed E-state index contributed by atoms with van der Waals surface area (Å²) in [5.74, 6) is 0.578. The molecule has 0 aliphatic heterocycles. The Morgan fingerprint density at radius 1 is 1.53 bits per heavy atom. The molecule has 0 aliphatic rings. The van der Waals surface area contributed by atoms with Crippen LogP contribution < -0.4 is 5.32 Å². The highest BCUT2D eigenvalue weighted by Crippen LogP contribution is 2.15. The molecule has 3 nitrogen and oxygen atoms in total. The summed E-state index contributed by atoms with van der Waals surface area (Å²) in [4.78, 5) is 3.93. The monoisotopic (exact) mass is 203 g/mol. The minimum absolute atomic E-state index is 0.443. The third kappa shape index (κ3) is 3.25. The van der Waals surface area contributed by atoms with Gasteiger partial charge in [0.25, 0.3) is 0 Å². The first kappa shape index (κ1) is 11.5.